The van der Waals surface area contributed by atoms with Crippen molar-refractivity contribution in [2.24, 2.45) is 22.7 Å². The third-order valence-corrected chi connectivity index (χ3v) is 7.55. The summed E-state index contributed by atoms with van der Waals surface area (Å²) in [6.07, 6.45) is 10.4. The van der Waals surface area contributed by atoms with Crippen molar-refractivity contribution < 1.29 is 14.3 Å². The van der Waals surface area contributed by atoms with E-state index in [4.69, 9.17) is 9.47 Å². The topological polar surface area (TPSA) is 38.8 Å². The Morgan fingerprint density at radius 3 is 2.65 bits per heavy atom. The van der Waals surface area contributed by atoms with Gasteiger partial charge in [-0.1, -0.05) is 33.3 Å². The fraction of sp³-hybridized carbons (Fsp3) is 0.850. The van der Waals surface area contributed by atoms with Crippen LogP contribution < -0.4 is 0 Å². The summed E-state index contributed by atoms with van der Waals surface area (Å²) in [4.78, 5) is 11.8. The van der Waals surface area contributed by atoms with Gasteiger partial charge in [-0.25, -0.2) is 4.79 Å². The maximum absolute atomic E-state index is 11.8. The second-order valence-electron chi connectivity index (χ2n) is 9.20. The Morgan fingerprint density at radius 1 is 1.22 bits per heavy atom. The van der Waals surface area contributed by atoms with Crippen molar-refractivity contribution in [2.75, 3.05) is 13.2 Å². The van der Waals surface area contributed by atoms with E-state index in [2.05, 4.69) is 26.8 Å². The molecular formula is C20H30O3. The van der Waals surface area contributed by atoms with Crippen molar-refractivity contribution in [1.29, 1.82) is 0 Å². The molecule has 2 saturated carbocycles. The molecule has 2 aliphatic heterocycles. The van der Waals surface area contributed by atoms with Crippen LogP contribution in [0.3, 0.4) is 0 Å². The Morgan fingerprint density at radius 2 is 2.00 bits per heavy atom. The predicted molar refractivity (Wildman–Crippen MR) is 88.9 cm³/mol. The van der Waals surface area contributed by atoms with Gasteiger partial charge in [-0.2, -0.15) is 0 Å². The normalized spacial score (nSPS) is 46.7. The molecule has 1 spiro atoms. The van der Waals surface area contributed by atoms with Crippen LogP contribution in [-0.2, 0) is 14.3 Å². The molecule has 4 atom stereocenters. The number of carbonyl (C=O) groups excluding carboxylic acids is 1. The number of fused-ring (bicyclic) bond motifs is 1. The molecule has 0 aromatic rings. The van der Waals surface area contributed by atoms with E-state index in [0.29, 0.717) is 23.4 Å². The minimum absolute atomic E-state index is 0.0998. The molecule has 3 heteroatoms. The lowest BCUT2D eigenvalue weighted by Crippen LogP contribution is -2.54. The standard InChI is InChI=1S/C20H30O3/c1-18(2)9-4-10-19(3)15(18)7-11-20(13-23-20)16(19)6-5-14-8-12-22-17(14)21/h5,15-16H,4,6-13H2,1-3H3/b14-5+/t15-,16+,19+,20+/m0/s1. The third-order valence-electron chi connectivity index (χ3n) is 7.55. The number of hydrogen-bond donors (Lipinski definition) is 0. The van der Waals surface area contributed by atoms with E-state index in [9.17, 15) is 4.79 Å². The van der Waals surface area contributed by atoms with E-state index in [-0.39, 0.29) is 11.6 Å². The van der Waals surface area contributed by atoms with Crippen LogP contribution in [0.2, 0.25) is 0 Å². The average molecular weight is 318 g/mol. The largest absolute Gasteiger partial charge is 0.462 e. The summed E-state index contributed by atoms with van der Waals surface area (Å²) in [5.74, 6) is 1.23. The van der Waals surface area contributed by atoms with Crippen LogP contribution in [0, 0.1) is 22.7 Å². The molecule has 128 valence electrons. The molecule has 0 unspecified atom stereocenters. The minimum Gasteiger partial charge on any atom is -0.462 e. The quantitative estimate of drug-likeness (QED) is 0.434. The van der Waals surface area contributed by atoms with Gasteiger partial charge in [-0.3, -0.25) is 0 Å². The minimum atomic E-state index is -0.0998. The Labute approximate surface area is 139 Å². The van der Waals surface area contributed by atoms with Gasteiger partial charge in [-0.15, -0.1) is 0 Å². The summed E-state index contributed by atoms with van der Waals surface area (Å²) in [5.41, 5.74) is 1.77. The molecule has 0 radical (unpaired) electrons. The number of epoxide rings is 1. The van der Waals surface area contributed by atoms with Gasteiger partial charge in [0.15, 0.2) is 0 Å². The van der Waals surface area contributed by atoms with Gasteiger partial charge < -0.3 is 9.47 Å². The molecule has 0 bridgehead atoms. The average Bonchev–Trinajstić information content (AvgIpc) is 3.12. The highest BCUT2D eigenvalue weighted by Crippen LogP contribution is 2.66. The van der Waals surface area contributed by atoms with Crippen molar-refractivity contribution in [1.82, 2.24) is 0 Å². The van der Waals surface area contributed by atoms with Crippen LogP contribution in [0.15, 0.2) is 11.6 Å². The third kappa shape index (κ3) is 2.38. The summed E-state index contributed by atoms with van der Waals surface area (Å²) in [7, 11) is 0. The first-order chi connectivity index (χ1) is 10.9. The van der Waals surface area contributed by atoms with Crippen molar-refractivity contribution >= 4 is 5.97 Å². The molecule has 0 aromatic heterocycles. The molecule has 23 heavy (non-hydrogen) atoms. The Bertz CT molecular complexity index is 543. The number of ether oxygens (including phenoxy) is 2. The number of carbonyl (C=O) groups is 1. The van der Waals surface area contributed by atoms with Crippen molar-refractivity contribution in [2.45, 2.75) is 71.3 Å². The van der Waals surface area contributed by atoms with Crippen LogP contribution in [0.25, 0.3) is 0 Å². The Hall–Kier alpha value is -0.830. The SMILES string of the molecule is CC1(C)CCC[C@]2(C)[C@H]1CC[C@@]1(CO1)[C@@H]2C/C=C1\CCOC1=O. The fourth-order valence-electron chi connectivity index (χ4n) is 6.28. The highest BCUT2D eigenvalue weighted by molar-refractivity contribution is 5.90. The van der Waals surface area contributed by atoms with Gasteiger partial charge >= 0.3 is 5.97 Å². The zero-order valence-electron chi connectivity index (χ0n) is 14.8. The van der Waals surface area contributed by atoms with Gasteiger partial charge in [0.05, 0.1) is 18.8 Å². The maximum Gasteiger partial charge on any atom is 0.333 e. The van der Waals surface area contributed by atoms with Crippen molar-refractivity contribution in [3.05, 3.63) is 11.6 Å². The van der Waals surface area contributed by atoms with E-state index < -0.39 is 0 Å². The summed E-state index contributed by atoms with van der Waals surface area (Å²) in [5, 5.41) is 0. The molecule has 2 aliphatic carbocycles. The molecule has 0 amide bonds. The highest BCUT2D eigenvalue weighted by Gasteiger charge is 2.64. The summed E-state index contributed by atoms with van der Waals surface area (Å²) in [6.45, 7) is 8.92. The number of esters is 1. The van der Waals surface area contributed by atoms with Gasteiger partial charge in [-0.05, 0) is 54.8 Å². The lowest BCUT2D eigenvalue weighted by atomic mass is 9.46. The molecule has 4 rings (SSSR count). The molecule has 4 fully saturated rings. The molecule has 2 heterocycles. The number of allylic oxidation sites excluding steroid dienone is 1. The first-order valence-electron chi connectivity index (χ1n) is 9.38. The molecule has 3 nitrogen and oxygen atoms in total. The second-order valence-corrected chi connectivity index (χ2v) is 9.20. The molecule has 2 saturated heterocycles. The summed E-state index contributed by atoms with van der Waals surface area (Å²) < 4.78 is 11.1. The first kappa shape index (κ1) is 15.7. The van der Waals surface area contributed by atoms with Gasteiger partial charge in [0.2, 0.25) is 0 Å². The van der Waals surface area contributed by atoms with Crippen molar-refractivity contribution in [3.8, 4) is 0 Å². The van der Waals surface area contributed by atoms with E-state index >= 15 is 0 Å². The van der Waals surface area contributed by atoms with Crippen LogP contribution in [0.5, 0.6) is 0 Å². The molecule has 4 aliphatic rings. The van der Waals surface area contributed by atoms with Gasteiger partial charge in [0, 0.05) is 12.0 Å². The zero-order chi connectivity index (χ0) is 16.3. The highest BCUT2D eigenvalue weighted by atomic mass is 16.6. The fourth-order valence-corrected chi connectivity index (χ4v) is 6.28. The molecule has 0 aromatic carbocycles. The zero-order valence-corrected chi connectivity index (χ0v) is 14.8. The Balaban J connectivity index is 1.63. The van der Waals surface area contributed by atoms with E-state index in [1.165, 1.54) is 32.1 Å². The monoisotopic (exact) mass is 318 g/mol. The molecular weight excluding hydrogens is 288 g/mol. The molecule has 0 N–H and O–H groups in total. The van der Waals surface area contributed by atoms with E-state index in [1.807, 2.05) is 0 Å². The number of cyclic esters (lactones) is 1. The second kappa shape index (κ2) is 5.08. The van der Waals surface area contributed by atoms with Gasteiger partial charge in [0.25, 0.3) is 0 Å². The van der Waals surface area contributed by atoms with Crippen LogP contribution >= 0.6 is 0 Å². The van der Waals surface area contributed by atoms with Crippen LogP contribution in [0.1, 0.15) is 65.7 Å². The van der Waals surface area contributed by atoms with Crippen molar-refractivity contribution in [3.63, 3.8) is 0 Å². The predicted octanol–water partition coefficient (Wildman–Crippen LogP) is 4.26. The Kier molecular flexibility index (Phi) is 3.46. The number of hydrogen-bond acceptors (Lipinski definition) is 3. The summed E-state index contributed by atoms with van der Waals surface area (Å²) in [6, 6.07) is 0. The van der Waals surface area contributed by atoms with E-state index in [1.54, 1.807) is 0 Å². The van der Waals surface area contributed by atoms with Crippen LogP contribution in [0.4, 0.5) is 0 Å². The number of rotatable bonds is 2. The maximum atomic E-state index is 11.8. The lowest BCUT2D eigenvalue weighted by Gasteiger charge is -2.59. The summed E-state index contributed by atoms with van der Waals surface area (Å²) >= 11 is 0. The van der Waals surface area contributed by atoms with E-state index in [0.717, 1.165) is 30.9 Å². The lowest BCUT2D eigenvalue weighted by molar-refractivity contribution is -0.135. The smallest absolute Gasteiger partial charge is 0.333 e. The van der Waals surface area contributed by atoms with Gasteiger partial charge in [0.1, 0.15) is 0 Å². The first-order valence-corrected chi connectivity index (χ1v) is 9.38. The van der Waals surface area contributed by atoms with Crippen LogP contribution in [-0.4, -0.2) is 24.8 Å².